The van der Waals surface area contributed by atoms with E-state index in [1.165, 1.54) is 0 Å². The Morgan fingerprint density at radius 1 is 1.26 bits per heavy atom. The molecule has 2 aliphatic heterocycles. The van der Waals surface area contributed by atoms with E-state index in [0.29, 0.717) is 17.7 Å². The maximum atomic E-state index is 12.2. The van der Waals surface area contributed by atoms with Crippen molar-refractivity contribution in [3.05, 3.63) is 0 Å². The fourth-order valence-corrected chi connectivity index (χ4v) is 4.83. The van der Waals surface area contributed by atoms with E-state index < -0.39 is 10.0 Å². The van der Waals surface area contributed by atoms with Crippen molar-refractivity contribution in [3.63, 3.8) is 0 Å². The molecule has 0 spiro atoms. The van der Waals surface area contributed by atoms with E-state index in [1.807, 2.05) is 0 Å². The van der Waals surface area contributed by atoms with Crippen molar-refractivity contribution in [1.82, 2.24) is 14.9 Å². The molecular weight excluding hydrogens is 262 g/mol. The fraction of sp³-hybridized carbons (Fsp3) is 1.00. The summed E-state index contributed by atoms with van der Waals surface area (Å²) in [6.07, 6.45) is 3.80. The Hall–Kier alpha value is -0.170. The molecule has 5 nitrogen and oxygen atoms in total. The average Bonchev–Trinajstić information content (AvgIpc) is 2.34. The number of rotatable bonds is 4. The van der Waals surface area contributed by atoms with E-state index in [1.54, 1.807) is 0 Å². The van der Waals surface area contributed by atoms with Crippen LogP contribution in [0.1, 0.15) is 32.6 Å². The Kier molecular flexibility index (Phi) is 5.22. The van der Waals surface area contributed by atoms with Gasteiger partial charge in [-0.25, -0.2) is 13.1 Å². The molecule has 0 aliphatic carbocycles. The van der Waals surface area contributed by atoms with Crippen LogP contribution in [0.4, 0.5) is 0 Å². The van der Waals surface area contributed by atoms with E-state index in [4.69, 9.17) is 0 Å². The van der Waals surface area contributed by atoms with Crippen molar-refractivity contribution >= 4 is 10.0 Å². The van der Waals surface area contributed by atoms with Gasteiger partial charge >= 0.3 is 0 Å². The first-order valence-electron chi connectivity index (χ1n) is 7.37. The molecular formula is C13H27N3O2S. The Morgan fingerprint density at radius 3 is 2.58 bits per heavy atom. The Balaban J connectivity index is 1.83. The van der Waals surface area contributed by atoms with Crippen molar-refractivity contribution < 1.29 is 8.42 Å². The summed E-state index contributed by atoms with van der Waals surface area (Å²) < 4.78 is 27.3. The highest BCUT2D eigenvalue weighted by molar-refractivity contribution is 7.89. The third kappa shape index (κ3) is 4.70. The summed E-state index contributed by atoms with van der Waals surface area (Å²) in [6, 6.07) is 0.582. The number of nitrogens with zero attached hydrogens (tertiary/aromatic N) is 1. The highest BCUT2D eigenvalue weighted by Gasteiger charge is 2.28. The lowest BCUT2D eigenvalue weighted by Gasteiger charge is -2.35. The topological polar surface area (TPSA) is 61.4 Å². The lowest BCUT2D eigenvalue weighted by atomic mass is 10.0. The monoisotopic (exact) mass is 289 g/mol. The summed E-state index contributed by atoms with van der Waals surface area (Å²) in [5.41, 5.74) is 0. The summed E-state index contributed by atoms with van der Waals surface area (Å²) in [4.78, 5) is 2.29. The zero-order chi connectivity index (χ0) is 13.9. The molecule has 2 N–H and O–H groups in total. The minimum Gasteiger partial charge on any atom is -0.317 e. The molecule has 2 saturated heterocycles. The molecule has 2 fully saturated rings. The first-order valence-corrected chi connectivity index (χ1v) is 9.02. The number of sulfonamides is 1. The predicted octanol–water partition coefficient (Wildman–Crippen LogP) is 0.388. The molecule has 0 bridgehead atoms. The van der Waals surface area contributed by atoms with Gasteiger partial charge in [-0.05, 0) is 65.2 Å². The van der Waals surface area contributed by atoms with Crippen LogP contribution in [-0.4, -0.2) is 57.8 Å². The molecule has 0 amide bonds. The second-order valence-electron chi connectivity index (χ2n) is 6.14. The van der Waals surface area contributed by atoms with Crippen LogP contribution in [0.15, 0.2) is 0 Å². The molecule has 0 radical (unpaired) electrons. The van der Waals surface area contributed by atoms with E-state index in [2.05, 4.69) is 28.9 Å². The van der Waals surface area contributed by atoms with Gasteiger partial charge < -0.3 is 10.2 Å². The lowest BCUT2D eigenvalue weighted by molar-refractivity contribution is 0.178. The minimum absolute atomic E-state index is 0.123. The van der Waals surface area contributed by atoms with E-state index in [0.717, 1.165) is 45.3 Å². The molecule has 2 heterocycles. The van der Waals surface area contributed by atoms with Crippen LogP contribution >= 0.6 is 0 Å². The number of piperidine rings is 2. The van der Waals surface area contributed by atoms with Crippen LogP contribution in [0.3, 0.4) is 0 Å². The normalized spacial score (nSPS) is 31.5. The fourth-order valence-electron chi connectivity index (χ4n) is 3.06. The van der Waals surface area contributed by atoms with Crippen molar-refractivity contribution in [2.45, 2.75) is 44.7 Å². The van der Waals surface area contributed by atoms with Gasteiger partial charge in [0.25, 0.3) is 0 Å². The molecule has 0 aromatic heterocycles. The molecule has 2 rings (SSSR count). The smallest absolute Gasteiger partial charge is 0.212 e. The minimum atomic E-state index is -3.12. The second kappa shape index (κ2) is 6.52. The first kappa shape index (κ1) is 15.2. The predicted molar refractivity (Wildman–Crippen MR) is 77.6 cm³/mol. The van der Waals surface area contributed by atoms with Crippen LogP contribution in [-0.2, 0) is 10.0 Å². The molecule has 0 aromatic rings. The van der Waals surface area contributed by atoms with Gasteiger partial charge in [0.15, 0.2) is 0 Å². The number of likely N-dealkylation sites (tertiary alicyclic amines) is 1. The highest BCUT2D eigenvalue weighted by Crippen LogP contribution is 2.18. The third-order valence-corrected chi connectivity index (χ3v) is 6.07. The quantitative estimate of drug-likeness (QED) is 0.786. The Bertz CT molecular complexity index is 379. The molecule has 19 heavy (non-hydrogen) atoms. The van der Waals surface area contributed by atoms with Gasteiger partial charge in [-0.3, -0.25) is 0 Å². The van der Waals surface area contributed by atoms with Crippen LogP contribution in [0, 0.1) is 5.92 Å². The number of nitrogens with one attached hydrogen (secondary N) is 2. The van der Waals surface area contributed by atoms with Crippen LogP contribution in [0.2, 0.25) is 0 Å². The summed E-state index contributed by atoms with van der Waals surface area (Å²) in [7, 11) is -1.02. The molecule has 6 heteroatoms. The van der Waals surface area contributed by atoms with E-state index in [-0.39, 0.29) is 6.04 Å². The molecule has 112 valence electrons. The Labute approximate surface area is 117 Å². The number of hydrogen-bond donors (Lipinski definition) is 2. The lowest BCUT2D eigenvalue weighted by Crippen LogP contribution is -2.48. The SMILES string of the molecule is CC1CC(NS(=O)(=O)CC2CCNCC2)CCN1C. The third-order valence-electron chi connectivity index (χ3n) is 4.47. The van der Waals surface area contributed by atoms with Crippen molar-refractivity contribution in [2.24, 2.45) is 5.92 Å². The first-order chi connectivity index (χ1) is 8.96. The van der Waals surface area contributed by atoms with Crippen molar-refractivity contribution in [3.8, 4) is 0 Å². The van der Waals surface area contributed by atoms with Gasteiger partial charge in [0.1, 0.15) is 0 Å². The number of hydrogen-bond acceptors (Lipinski definition) is 4. The summed E-state index contributed by atoms with van der Waals surface area (Å²) in [5, 5.41) is 3.27. The van der Waals surface area contributed by atoms with E-state index in [9.17, 15) is 8.42 Å². The summed E-state index contributed by atoms with van der Waals surface area (Å²) in [6.45, 7) is 5.03. The molecule has 2 atom stereocenters. The van der Waals surface area contributed by atoms with Crippen LogP contribution in [0.5, 0.6) is 0 Å². The van der Waals surface area contributed by atoms with Gasteiger partial charge in [0.05, 0.1) is 5.75 Å². The van der Waals surface area contributed by atoms with Gasteiger partial charge in [-0.15, -0.1) is 0 Å². The highest BCUT2D eigenvalue weighted by atomic mass is 32.2. The Morgan fingerprint density at radius 2 is 1.95 bits per heavy atom. The van der Waals surface area contributed by atoms with Gasteiger partial charge in [-0.1, -0.05) is 0 Å². The molecule has 0 saturated carbocycles. The standard InChI is InChI=1S/C13H27N3O2S/c1-11-9-13(5-8-16(11)2)15-19(17,18)10-12-3-6-14-7-4-12/h11-15H,3-10H2,1-2H3. The molecule has 2 aliphatic rings. The van der Waals surface area contributed by atoms with Crippen molar-refractivity contribution in [1.29, 1.82) is 0 Å². The zero-order valence-electron chi connectivity index (χ0n) is 12.1. The van der Waals surface area contributed by atoms with Gasteiger partial charge in [0, 0.05) is 12.1 Å². The average molecular weight is 289 g/mol. The van der Waals surface area contributed by atoms with Gasteiger partial charge in [0.2, 0.25) is 10.0 Å². The largest absolute Gasteiger partial charge is 0.317 e. The molecule has 2 unspecified atom stereocenters. The van der Waals surface area contributed by atoms with Gasteiger partial charge in [-0.2, -0.15) is 0 Å². The summed E-state index contributed by atoms with van der Waals surface area (Å²) in [5.74, 6) is 0.623. The molecule has 0 aromatic carbocycles. The second-order valence-corrected chi connectivity index (χ2v) is 7.94. The van der Waals surface area contributed by atoms with E-state index >= 15 is 0 Å². The summed E-state index contributed by atoms with van der Waals surface area (Å²) >= 11 is 0. The van der Waals surface area contributed by atoms with Crippen molar-refractivity contribution in [2.75, 3.05) is 32.4 Å². The maximum absolute atomic E-state index is 12.2. The van der Waals surface area contributed by atoms with Crippen LogP contribution in [0.25, 0.3) is 0 Å². The maximum Gasteiger partial charge on any atom is 0.212 e. The zero-order valence-corrected chi connectivity index (χ0v) is 12.9. The van der Waals surface area contributed by atoms with Crippen LogP contribution < -0.4 is 10.0 Å².